The molecule has 3 unspecified atom stereocenters. The second kappa shape index (κ2) is 4.74. The number of hydrogen-bond donors (Lipinski definition) is 1. The van der Waals surface area contributed by atoms with Crippen molar-refractivity contribution >= 4 is 5.84 Å². The topological polar surface area (TPSA) is 30.3 Å². The van der Waals surface area contributed by atoms with Gasteiger partial charge in [-0.3, -0.25) is 10.3 Å². The van der Waals surface area contributed by atoms with Crippen molar-refractivity contribution in [3.05, 3.63) is 0 Å². The summed E-state index contributed by atoms with van der Waals surface area (Å²) in [6, 6.07) is 0.700. The van der Waals surface area contributed by atoms with Crippen molar-refractivity contribution in [1.82, 2.24) is 9.80 Å². The van der Waals surface area contributed by atoms with Crippen molar-refractivity contribution in [2.45, 2.75) is 39.7 Å². The number of hydrogen-bond acceptors (Lipinski definition) is 2. The summed E-state index contributed by atoms with van der Waals surface area (Å²) in [6.07, 6.45) is 2.63. The molecule has 0 aliphatic carbocycles. The molecule has 2 rings (SSSR count). The molecule has 0 radical (unpaired) electrons. The Morgan fingerprint density at radius 3 is 2.25 bits per heavy atom. The van der Waals surface area contributed by atoms with Crippen LogP contribution in [0.4, 0.5) is 0 Å². The van der Waals surface area contributed by atoms with E-state index in [1.54, 1.807) is 0 Å². The van der Waals surface area contributed by atoms with E-state index in [4.69, 9.17) is 5.41 Å². The molecule has 0 aromatic heterocycles. The molecule has 0 bridgehead atoms. The molecule has 92 valence electrons. The van der Waals surface area contributed by atoms with Crippen LogP contribution in [-0.4, -0.2) is 47.9 Å². The van der Waals surface area contributed by atoms with E-state index in [-0.39, 0.29) is 0 Å². The first-order valence-electron chi connectivity index (χ1n) is 6.60. The van der Waals surface area contributed by atoms with E-state index in [0.29, 0.717) is 6.04 Å². The van der Waals surface area contributed by atoms with Gasteiger partial charge in [-0.1, -0.05) is 13.8 Å². The van der Waals surface area contributed by atoms with E-state index in [0.717, 1.165) is 30.8 Å². The van der Waals surface area contributed by atoms with Crippen LogP contribution in [-0.2, 0) is 0 Å². The number of rotatable bonds is 1. The van der Waals surface area contributed by atoms with Crippen molar-refractivity contribution in [2.24, 2.45) is 11.8 Å². The van der Waals surface area contributed by atoms with Crippen LogP contribution in [0.2, 0.25) is 0 Å². The van der Waals surface area contributed by atoms with Crippen LogP contribution >= 0.6 is 0 Å². The second-order valence-corrected chi connectivity index (χ2v) is 5.87. The van der Waals surface area contributed by atoms with E-state index in [2.05, 4.69) is 23.6 Å². The van der Waals surface area contributed by atoms with Crippen LogP contribution in [0.25, 0.3) is 0 Å². The number of piperidine rings is 1. The highest BCUT2D eigenvalue weighted by Gasteiger charge is 2.32. The Balaban J connectivity index is 1.91. The molecule has 2 aliphatic heterocycles. The second-order valence-electron chi connectivity index (χ2n) is 5.87. The lowest BCUT2D eigenvalue weighted by molar-refractivity contribution is 0.100. The summed E-state index contributed by atoms with van der Waals surface area (Å²) < 4.78 is 0. The van der Waals surface area contributed by atoms with E-state index in [9.17, 15) is 0 Å². The van der Waals surface area contributed by atoms with Gasteiger partial charge < -0.3 is 4.90 Å². The van der Waals surface area contributed by atoms with Crippen LogP contribution in [0, 0.1) is 17.2 Å². The largest absolute Gasteiger partial charge is 0.359 e. The maximum absolute atomic E-state index is 7.68. The first-order valence-corrected chi connectivity index (χ1v) is 6.60. The van der Waals surface area contributed by atoms with Crippen molar-refractivity contribution in [2.75, 3.05) is 26.2 Å². The van der Waals surface area contributed by atoms with Crippen LogP contribution in [0.1, 0.15) is 33.6 Å². The van der Waals surface area contributed by atoms with Crippen LogP contribution in [0.5, 0.6) is 0 Å². The van der Waals surface area contributed by atoms with Gasteiger partial charge >= 0.3 is 0 Å². The molecule has 2 fully saturated rings. The number of amidine groups is 1. The van der Waals surface area contributed by atoms with Crippen molar-refractivity contribution in [1.29, 1.82) is 5.41 Å². The van der Waals surface area contributed by atoms with Gasteiger partial charge in [-0.05, 0) is 31.6 Å². The average Bonchev–Trinajstić information content (AvgIpc) is 2.64. The lowest BCUT2D eigenvalue weighted by atomic mass is 9.91. The summed E-state index contributed by atoms with van der Waals surface area (Å²) in [6.45, 7) is 11.3. The molecule has 0 saturated carbocycles. The average molecular weight is 223 g/mol. The van der Waals surface area contributed by atoms with Crippen molar-refractivity contribution < 1.29 is 0 Å². The maximum Gasteiger partial charge on any atom is 0.0926 e. The fraction of sp³-hybridized carbons (Fsp3) is 0.923. The fourth-order valence-electron chi connectivity index (χ4n) is 3.35. The molecule has 1 N–H and O–H groups in total. The van der Waals surface area contributed by atoms with Crippen LogP contribution in [0.3, 0.4) is 0 Å². The summed E-state index contributed by atoms with van der Waals surface area (Å²) in [4.78, 5) is 4.89. The molecule has 0 spiro atoms. The van der Waals surface area contributed by atoms with Gasteiger partial charge in [0.15, 0.2) is 0 Å². The predicted molar refractivity (Wildman–Crippen MR) is 67.9 cm³/mol. The zero-order valence-electron chi connectivity index (χ0n) is 10.9. The Hall–Kier alpha value is -0.570. The molecule has 3 nitrogen and oxygen atoms in total. The summed E-state index contributed by atoms with van der Waals surface area (Å²) in [7, 11) is 0. The first-order chi connectivity index (χ1) is 7.56. The number of nitrogens with one attached hydrogen (secondary N) is 1. The third-order valence-electron chi connectivity index (χ3n) is 4.05. The van der Waals surface area contributed by atoms with Gasteiger partial charge in [0.05, 0.1) is 5.84 Å². The van der Waals surface area contributed by atoms with Gasteiger partial charge in [-0.25, -0.2) is 0 Å². The zero-order chi connectivity index (χ0) is 11.7. The zero-order valence-corrected chi connectivity index (χ0v) is 10.9. The van der Waals surface area contributed by atoms with Crippen LogP contribution in [0.15, 0.2) is 0 Å². The Bertz CT molecular complexity index is 254. The molecular weight excluding hydrogens is 198 g/mol. The molecule has 3 atom stereocenters. The number of nitrogens with zero attached hydrogens (tertiary/aromatic N) is 2. The fourth-order valence-corrected chi connectivity index (χ4v) is 3.35. The van der Waals surface area contributed by atoms with Gasteiger partial charge in [0, 0.05) is 32.2 Å². The van der Waals surface area contributed by atoms with E-state index in [1.165, 1.54) is 25.9 Å². The third-order valence-corrected chi connectivity index (χ3v) is 4.05. The normalized spacial score (nSPS) is 36.7. The molecule has 16 heavy (non-hydrogen) atoms. The highest BCUT2D eigenvalue weighted by atomic mass is 15.3. The standard InChI is InChI=1S/C13H25N3/c1-10-6-11(2)8-16(7-10)13-4-5-15(9-13)12(3)14/h10-11,13-14H,4-9H2,1-3H3. The Labute approximate surface area is 99.3 Å². The van der Waals surface area contributed by atoms with Gasteiger partial charge in [0.25, 0.3) is 0 Å². The number of likely N-dealkylation sites (tertiary alicyclic amines) is 2. The summed E-state index contributed by atoms with van der Waals surface area (Å²) in [5.41, 5.74) is 0. The quantitative estimate of drug-likeness (QED) is 0.544. The summed E-state index contributed by atoms with van der Waals surface area (Å²) in [5, 5.41) is 7.68. The minimum absolute atomic E-state index is 0.700. The molecule has 2 aliphatic rings. The molecule has 0 aromatic rings. The summed E-state index contributed by atoms with van der Waals surface area (Å²) >= 11 is 0. The highest BCUT2D eigenvalue weighted by Crippen LogP contribution is 2.26. The van der Waals surface area contributed by atoms with Gasteiger partial charge in [-0.2, -0.15) is 0 Å². The third kappa shape index (κ3) is 2.57. The smallest absolute Gasteiger partial charge is 0.0926 e. The van der Waals surface area contributed by atoms with Crippen molar-refractivity contribution in [3.63, 3.8) is 0 Å². The molecule has 2 heterocycles. The predicted octanol–water partition coefficient (Wildman–Crippen LogP) is 2.04. The molecule has 0 amide bonds. The first kappa shape index (κ1) is 11.9. The van der Waals surface area contributed by atoms with Gasteiger partial charge in [-0.15, -0.1) is 0 Å². The Morgan fingerprint density at radius 1 is 1.12 bits per heavy atom. The van der Waals surface area contributed by atoms with Gasteiger partial charge in [0.1, 0.15) is 0 Å². The van der Waals surface area contributed by atoms with E-state index in [1.807, 2.05) is 6.92 Å². The van der Waals surface area contributed by atoms with Crippen LogP contribution < -0.4 is 0 Å². The Morgan fingerprint density at radius 2 is 1.75 bits per heavy atom. The summed E-state index contributed by atoms with van der Waals surface area (Å²) in [5.74, 6) is 2.43. The lowest BCUT2D eigenvalue weighted by Crippen LogP contribution is -2.46. The molecule has 0 aromatic carbocycles. The minimum atomic E-state index is 0.700. The minimum Gasteiger partial charge on any atom is -0.359 e. The molecule has 2 saturated heterocycles. The Kier molecular flexibility index (Phi) is 3.53. The maximum atomic E-state index is 7.68. The SMILES string of the molecule is CC(=N)N1CCC(N2CC(C)CC(C)C2)C1. The monoisotopic (exact) mass is 223 g/mol. The lowest BCUT2D eigenvalue weighted by Gasteiger charge is -2.38. The van der Waals surface area contributed by atoms with Crippen molar-refractivity contribution in [3.8, 4) is 0 Å². The highest BCUT2D eigenvalue weighted by molar-refractivity contribution is 5.76. The van der Waals surface area contributed by atoms with Gasteiger partial charge in [0.2, 0.25) is 0 Å². The molecular formula is C13H25N3. The molecule has 3 heteroatoms. The van der Waals surface area contributed by atoms with E-state index >= 15 is 0 Å². The van der Waals surface area contributed by atoms with E-state index < -0.39 is 0 Å².